The first-order valence-electron chi connectivity index (χ1n) is 10.8. The molecule has 0 spiro atoms. The van der Waals surface area contributed by atoms with Crippen molar-refractivity contribution >= 4 is 34.7 Å². The van der Waals surface area contributed by atoms with Crippen molar-refractivity contribution in [3.8, 4) is 11.5 Å². The first kappa shape index (κ1) is 23.1. The zero-order valence-electron chi connectivity index (χ0n) is 18.8. The SMILES string of the molecule is COc1cc(Nc2nc(Nc3ccc(OCCN4CCOCC4)cc3)ncc2C)ccc1Cl. The van der Waals surface area contributed by atoms with E-state index >= 15 is 0 Å². The largest absolute Gasteiger partial charge is 0.495 e. The van der Waals surface area contributed by atoms with Crippen molar-refractivity contribution in [3.63, 3.8) is 0 Å². The number of nitrogens with one attached hydrogen (secondary N) is 2. The van der Waals surface area contributed by atoms with E-state index in [1.807, 2.05) is 43.3 Å². The van der Waals surface area contributed by atoms with Gasteiger partial charge in [0, 0.05) is 48.8 Å². The molecular formula is C24H28ClN5O3. The van der Waals surface area contributed by atoms with E-state index in [0.29, 0.717) is 29.1 Å². The molecular weight excluding hydrogens is 442 g/mol. The molecule has 2 N–H and O–H groups in total. The van der Waals surface area contributed by atoms with Crippen LogP contribution in [0.1, 0.15) is 5.56 Å². The minimum Gasteiger partial charge on any atom is -0.495 e. The molecule has 4 rings (SSSR count). The van der Waals surface area contributed by atoms with Gasteiger partial charge in [0.25, 0.3) is 0 Å². The highest BCUT2D eigenvalue weighted by molar-refractivity contribution is 6.32. The highest BCUT2D eigenvalue weighted by Crippen LogP contribution is 2.29. The third kappa shape index (κ3) is 6.47. The first-order valence-corrected chi connectivity index (χ1v) is 11.2. The Hall–Kier alpha value is -3.07. The van der Waals surface area contributed by atoms with E-state index in [4.69, 9.17) is 25.8 Å². The first-order chi connectivity index (χ1) is 16.1. The van der Waals surface area contributed by atoms with Crippen LogP contribution in [0.4, 0.5) is 23.1 Å². The lowest BCUT2D eigenvalue weighted by Crippen LogP contribution is -2.38. The summed E-state index contributed by atoms with van der Waals surface area (Å²) in [6, 6.07) is 13.3. The Labute approximate surface area is 198 Å². The van der Waals surface area contributed by atoms with Gasteiger partial charge >= 0.3 is 0 Å². The van der Waals surface area contributed by atoms with Crippen molar-refractivity contribution < 1.29 is 14.2 Å². The number of hydrogen-bond acceptors (Lipinski definition) is 8. The number of nitrogens with zero attached hydrogens (tertiary/aromatic N) is 3. The van der Waals surface area contributed by atoms with Crippen LogP contribution < -0.4 is 20.1 Å². The Morgan fingerprint density at radius 2 is 1.82 bits per heavy atom. The number of aryl methyl sites for hydroxylation is 1. The molecule has 9 heteroatoms. The Bertz CT molecular complexity index is 1060. The molecule has 1 aromatic heterocycles. The second-order valence-corrected chi connectivity index (χ2v) is 8.06. The van der Waals surface area contributed by atoms with Crippen molar-refractivity contribution in [1.29, 1.82) is 0 Å². The summed E-state index contributed by atoms with van der Waals surface area (Å²) in [5.74, 6) is 2.61. The van der Waals surface area contributed by atoms with Gasteiger partial charge in [-0.2, -0.15) is 4.98 Å². The molecule has 0 aliphatic carbocycles. The van der Waals surface area contributed by atoms with Gasteiger partial charge in [-0.15, -0.1) is 0 Å². The molecule has 3 aromatic rings. The minimum atomic E-state index is 0.491. The highest BCUT2D eigenvalue weighted by Gasteiger charge is 2.10. The van der Waals surface area contributed by atoms with Gasteiger partial charge in [0.1, 0.15) is 23.9 Å². The molecule has 1 aliphatic rings. The van der Waals surface area contributed by atoms with Gasteiger partial charge in [0.2, 0.25) is 5.95 Å². The molecule has 1 saturated heterocycles. The fourth-order valence-corrected chi connectivity index (χ4v) is 3.58. The molecule has 0 saturated carbocycles. The van der Waals surface area contributed by atoms with Crippen LogP contribution >= 0.6 is 11.6 Å². The van der Waals surface area contributed by atoms with Gasteiger partial charge < -0.3 is 24.8 Å². The Balaban J connectivity index is 1.34. The monoisotopic (exact) mass is 469 g/mol. The maximum absolute atomic E-state index is 6.12. The minimum absolute atomic E-state index is 0.491. The molecule has 2 aromatic carbocycles. The summed E-state index contributed by atoms with van der Waals surface area (Å²) in [6.07, 6.45) is 1.77. The van der Waals surface area contributed by atoms with Crippen molar-refractivity contribution in [2.75, 3.05) is 57.2 Å². The number of halogens is 1. The van der Waals surface area contributed by atoms with E-state index < -0.39 is 0 Å². The summed E-state index contributed by atoms with van der Waals surface area (Å²) in [4.78, 5) is 11.4. The third-order valence-electron chi connectivity index (χ3n) is 5.28. The number of benzene rings is 2. The normalized spacial score (nSPS) is 14.0. The van der Waals surface area contributed by atoms with Crippen LogP contribution in [0.25, 0.3) is 0 Å². The van der Waals surface area contributed by atoms with E-state index in [1.54, 1.807) is 19.4 Å². The fourth-order valence-electron chi connectivity index (χ4n) is 3.38. The number of morpholine rings is 1. The van der Waals surface area contributed by atoms with E-state index in [0.717, 1.165) is 55.5 Å². The number of rotatable bonds is 9. The lowest BCUT2D eigenvalue weighted by atomic mass is 10.2. The summed E-state index contributed by atoms with van der Waals surface area (Å²) in [5.41, 5.74) is 2.61. The molecule has 0 atom stereocenters. The zero-order valence-corrected chi connectivity index (χ0v) is 19.6. The zero-order chi connectivity index (χ0) is 23.0. The molecule has 0 bridgehead atoms. The summed E-state index contributed by atoms with van der Waals surface area (Å²) >= 11 is 6.12. The van der Waals surface area contributed by atoms with Crippen LogP contribution in [0.2, 0.25) is 5.02 Å². The van der Waals surface area contributed by atoms with Crippen LogP contribution in [0.5, 0.6) is 11.5 Å². The lowest BCUT2D eigenvalue weighted by molar-refractivity contribution is 0.0322. The van der Waals surface area contributed by atoms with Gasteiger partial charge in [-0.05, 0) is 43.3 Å². The molecule has 1 fully saturated rings. The Morgan fingerprint density at radius 1 is 1.06 bits per heavy atom. The fraction of sp³-hybridized carbons (Fsp3) is 0.333. The Kier molecular flexibility index (Phi) is 7.83. The lowest BCUT2D eigenvalue weighted by Gasteiger charge is -2.26. The van der Waals surface area contributed by atoms with Gasteiger partial charge in [-0.25, -0.2) is 4.98 Å². The van der Waals surface area contributed by atoms with Gasteiger partial charge in [-0.1, -0.05) is 11.6 Å². The summed E-state index contributed by atoms with van der Waals surface area (Å²) in [5, 5.41) is 7.09. The third-order valence-corrected chi connectivity index (χ3v) is 5.59. The maximum atomic E-state index is 6.12. The standard InChI is InChI=1S/C24H28ClN5O3/c1-17-16-26-24(29-23(17)27-19-5-8-21(25)22(15-19)31-2)28-18-3-6-20(7-4-18)33-14-11-30-9-12-32-13-10-30/h3-8,15-16H,9-14H2,1-2H3,(H2,26,27,28,29). The summed E-state index contributed by atoms with van der Waals surface area (Å²) < 4.78 is 16.5. The van der Waals surface area contributed by atoms with E-state index in [2.05, 4.69) is 25.5 Å². The molecule has 33 heavy (non-hydrogen) atoms. The van der Waals surface area contributed by atoms with Crippen LogP contribution in [0.15, 0.2) is 48.7 Å². The molecule has 1 aliphatic heterocycles. The highest BCUT2D eigenvalue weighted by atomic mass is 35.5. The predicted molar refractivity (Wildman–Crippen MR) is 131 cm³/mol. The van der Waals surface area contributed by atoms with Crippen molar-refractivity contribution in [3.05, 3.63) is 59.2 Å². The molecule has 0 unspecified atom stereocenters. The van der Waals surface area contributed by atoms with Crippen LogP contribution in [0.3, 0.4) is 0 Å². The van der Waals surface area contributed by atoms with Gasteiger partial charge in [0.05, 0.1) is 25.3 Å². The Morgan fingerprint density at radius 3 is 2.58 bits per heavy atom. The smallest absolute Gasteiger partial charge is 0.229 e. The van der Waals surface area contributed by atoms with Crippen LogP contribution in [0, 0.1) is 6.92 Å². The second kappa shape index (κ2) is 11.2. The van der Waals surface area contributed by atoms with Crippen LogP contribution in [-0.4, -0.2) is 61.4 Å². The number of hydrogen-bond donors (Lipinski definition) is 2. The topological polar surface area (TPSA) is 80.8 Å². The molecule has 0 radical (unpaired) electrons. The molecule has 8 nitrogen and oxygen atoms in total. The van der Waals surface area contributed by atoms with E-state index in [9.17, 15) is 0 Å². The average molecular weight is 470 g/mol. The predicted octanol–water partition coefficient (Wildman–Crippen LogP) is 4.65. The summed E-state index contributed by atoms with van der Waals surface area (Å²) in [6.45, 7) is 7.02. The van der Waals surface area contributed by atoms with E-state index in [-0.39, 0.29) is 0 Å². The molecule has 174 valence electrons. The van der Waals surface area contributed by atoms with Gasteiger partial charge in [0.15, 0.2) is 0 Å². The number of ether oxygens (including phenoxy) is 3. The quantitative estimate of drug-likeness (QED) is 0.469. The van der Waals surface area contributed by atoms with Crippen molar-refractivity contribution in [2.45, 2.75) is 6.92 Å². The molecule has 2 heterocycles. The van der Waals surface area contributed by atoms with Crippen molar-refractivity contribution in [1.82, 2.24) is 14.9 Å². The number of aromatic nitrogens is 2. The maximum Gasteiger partial charge on any atom is 0.229 e. The summed E-state index contributed by atoms with van der Waals surface area (Å²) in [7, 11) is 1.59. The average Bonchev–Trinajstić information content (AvgIpc) is 2.84. The number of methoxy groups -OCH3 is 1. The van der Waals surface area contributed by atoms with Gasteiger partial charge in [-0.3, -0.25) is 4.90 Å². The molecule has 0 amide bonds. The van der Waals surface area contributed by atoms with Crippen LogP contribution in [-0.2, 0) is 4.74 Å². The number of anilines is 4. The van der Waals surface area contributed by atoms with E-state index in [1.165, 1.54) is 0 Å². The second-order valence-electron chi connectivity index (χ2n) is 7.65. The van der Waals surface area contributed by atoms with Crippen molar-refractivity contribution in [2.24, 2.45) is 0 Å².